The largest absolute Gasteiger partial charge is 0.459 e. The van der Waals surface area contributed by atoms with Crippen LogP contribution in [-0.4, -0.2) is 24.8 Å². The predicted octanol–water partition coefficient (Wildman–Crippen LogP) is 3.35. The number of benzene rings is 1. The van der Waals surface area contributed by atoms with E-state index in [1.54, 1.807) is 0 Å². The molecule has 130 valence electrons. The van der Waals surface area contributed by atoms with Gasteiger partial charge in [-0.3, -0.25) is 0 Å². The quantitative estimate of drug-likeness (QED) is 0.450. The molecule has 5 heteroatoms. The lowest BCUT2D eigenvalue weighted by atomic mass is 9.68. The van der Waals surface area contributed by atoms with Crippen LogP contribution in [0.1, 0.15) is 26.3 Å². The number of carbonyl (C=O) groups excluding carboxylic acids is 2. The number of rotatable bonds is 8. The smallest absolute Gasteiger partial charge is 0.404 e. The second-order valence-corrected chi connectivity index (χ2v) is 6.22. The molecule has 1 rings (SSSR count). The van der Waals surface area contributed by atoms with Crippen LogP contribution in [-0.2, 0) is 19.7 Å². The molecule has 0 aromatic heterocycles. The lowest BCUT2D eigenvalue weighted by Crippen LogP contribution is -2.44. The molecule has 0 saturated carbocycles. The Morgan fingerprint density at radius 3 is 2.33 bits per heavy atom. The average molecular weight is 331 g/mol. The molecule has 0 aliphatic carbocycles. The highest BCUT2D eigenvalue weighted by Gasteiger charge is 2.40. The van der Waals surface area contributed by atoms with Crippen molar-refractivity contribution >= 4 is 12.1 Å². The van der Waals surface area contributed by atoms with E-state index in [4.69, 9.17) is 15.2 Å². The standard InChI is InChI=1S/C19H25NO4/c1-6-16(21)23-12-15(24-18(20)22)17(13(2)3)19(4,5)14-10-8-7-9-11-14/h6-11,15,17H,1-2,12H2,3-5H3,(H2,20,22). The van der Waals surface area contributed by atoms with Crippen LogP contribution in [0.5, 0.6) is 0 Å². The van der Waals surface area contributed by atoms with Gasteiger partial charge in [0.2, 0.25) is 0 Å². The first-order valence-corrected chi connectivity index (χ1v) is 7.66. The van der Waals surface area contributed by atoms with Gasteiger partial charge in [-0.05, 0) is 17.9 Å². The summed E-state index contributed by atoms with van der Waals surface area (Å²) in [6, 6.07) is 9.79. The van der Waals surface area contributed by atoms with E-state index in [0.717, 1.165) is 17.2 Å². The summed E-state index contributed by atoms with van der Waals surface area (Å²) in [5.41, 5.74) is 6.62. The zero-order chi connectivity index (χ0) is 18.3. The van der Waals surface area contributed by atoms with Gasteiger partial charge in [0.05, 0.1) is 0 Å². The normalized spacial score (nSPS) is 13.5. The minimum atomic E-state index is -0.926. The molecule has 0 saturated heterocycles. The van der Waals surface area contributed by atoms with Crippen molar-refractivity contribution < 1.29 is 19.1 Å². The van der Waals surface area contributed by atoms with E-state index in [1.807, 2.05) is 51.1 Å². The molecular weight excluding hydrogens is 306 g/mol. The zero-order valence-electron chi connectivity index (χ0n) is 14.5. The number of amides is 1. The molecular formula is C19H25NO4. The third kappa shape index (κ3) is 4.98. The molecule has 0 spiro atoms. The molecule has 2 unspecified atom stereocenters. The maximum Gasteiger partial charge on any atom is 0.404 e. The summed E-state index contributed by atoms with van der Waals surface area (Å²) in [5, 5.41) is 0. The van der Waals surface area contributed by atoms with Crippen molar-refractivity contribution in [1.82, 2.24) is 0 Å². The second-order valence-electron chi connectivity index (χ2n) is 6.22. The monoisotopic (exact) mass is 331 g/mol. The Balaban J connectivity index is 3.19. The van der Waals surface area contributed by atoms with Crippen LogP contribution in [0.25, 0.3) is 0 Å². The number of ether oxygens (including phenoxy) is 2. The molecule has 1 aromatic carbocycles. The van der Waals surface area contributed by atoms with Gasteiger partial charge in [-0.25, -0.2) is 9.59 Å². The Morgan fingerprint density at radius 1 is 1.29 bits per heavy atom. The van der Waals surface area contributed by atoms with Gasteiger partial charge >= 0.3 is 12.1 Å². The highest BCUT2D eigenvalue weighted by molar-refractivity contribution is 5.81. The molecule has 0 aliphatic heterocycles. The SMILES string of the molecule is C=CC(=O)OCC(OC(N)=O)C(C(=C)C)C(C)(C)c1ccccc1. The van der Waals surface area contributed by atoms with Crippen molar-refractivity contribution in [3.8, 4) is 0 Å². The predicted molar refractivity (Wildman–Crippen MR) is 93.4 cm³/mol. The summed E-state index contributed by atoms with van der Waals surface area (Å²) in [6.45, 7) is 13.2. The van der Waals surface area contributed by atoms with Gasteiger partial charge in [0.15, 0.2) is 0 Å². The number of hydrogen-bond acceptors (Lipinski definition) is 4. The van der Waals surface area contributed by atoms with Crippen molar-refractivity contribution in [2.45, 2.75) is 32.3 Å². The third-order valence-electron chi connectivity index (χ3n) is 4.02. The first-order valence-electron chi connectivity index (χ1n) is 7.66. The number of primary amides is 1. The summed E-state index contributed by atoms with van der Waals surface area (Å²) >= 11 is 0. The molecule has 0 aliphatic rings. The first kappa shape index (κ1) is 19.5. The topological polar surface area (TPSA) is 78.6 Å². The Labute approximate surface area is 143 Å². The highest BCUT2D eigenvalue weighted by atomic mass is 16.6. The molecule has 5 nitrogen and oxygen atoms in total. The van der Waals surface area contributed by atoms with E-state index in [1.165, 1.54) is 0 Å². The summed E-state index contributed by atoms with van der Waals surface area (Å²) in [7, 11) is 0. The van der Waals surface area contributed by atoms with Crippen molar-refractivity contribution in [3.63, 3.8) is 0 Å². The molecule has 2 N–H and O–H groups in total. The number of hydrogen-bond donors (Lipinski definition) is 1. The molecule has 24 heavy (non-hydrogen) atoms. The fourth-order valence-electron chi connectivity index (χ4n) is 3.02. The molecule has 0 bridgehead atoms. The Kier molecular flexibility index (Phi) is 6.77. The third-order valence-corrected chi connectivity index (χ3v) is 4.02. The van der Waals surface area contributed by atoms with Crippen LogP contribution in [0.2, 0.25) is 0 Å². The van der Waals surface area contributed by atoms with E-state index in [9.17, 15) is 9.59 Å². The Morgan fingerprint density at radius 2 is 1.88 bits per heavy atom. The highest BCUT2D eigenvalue weighted by Crippen LogP contribution is 2.39. The fourth-order valence-corrected chi connectivity index (χ4v) is 3.02. The van der Waals surface area contributed by atoms with Crippen molar-refractivity contribution in [2.75, 3.05) is 6.61 Å². The van der Waals surface area contributed by atoms with Crippen LogP contribution < -0.4 is 5.73 Å². The van der Waals surface area contributed by atoms with Gasteiger partial charge in [-0.2, -0.15) is 0 Å². The van der Waals surface area contributed by atoms with Crippen LogP contribution in [0, 0.1) is 5.92 Å². The molecule has 1 aromatic rings. The summed E-state index contributed by atoms with van der Waals surface area (Å²) in [6.07, 6.45) is -0.622. The summed E-state index contributed by atoms with van der Waals surface area (Å²) in [4.78, 5) is 22.7. The molecule has 0 heterocycles. The Bertz CT molecular complexity index is 607. The minimum absolute atomic E-state index is 0.123. The molecule has 0 fully saturated rings. The van der Waals surface area contributed by atoms with E-state index >= 15 is 0 Å². The van der Waals surface area contributed by atoms with Crippen LogP contribution >= 0.6 is 0 Å². The van der Waals surface area contributed by atoms with E-state index in [2.05, 4.69) is 13.2 Å². The second kappa shape index (κ2) is 8.34. The van der Waals surface area contributed by atoms with E-state index in [0.29, 0.717) is 0 Å². The lowest BCUT2D eigenvalue weighted by molar-refractivity contribution is -0.142. The maximum absolute atomic E-state index is 11.4. The van der Waals surface area contributed by atoms with Crippen LogP contribution in [0.15, 0.2) is 55.1 Å². The number of carbonyl (C=O) groups is 2. The van der Waals surface area contributed by atoms with Gasteiger partial charge in [0.25, 0.3) is 0 Å². The number of esters is 1. The van der Waals surface area contributed by atoms with E-state index < -0.39 is 23.6 Å². The van der Waals surface area contributed by atoms with Gasteiger partial charge < -0.3 is 15.2 Å². The van der Waals surface area contributed by atoms with Gasteiger partial charge in [0, 0.05) is 12.0 Å². The van der Waals surface area contributed by atoms with Crippen molar-refractivity contribution in [3.05, 3.63) is 60.7 Å². The van der Waals surface area contributed by atoms with E-state index in [-0.39, 0.29) is 12.5 Å². The van der Waals surface area contributed by atoms with Gasteiger partial charge in [-0.15, -0.1) is 0 Å². The van der Waals surface area contributed by atoms with Crippen LogP contribution in [0.3, 0.4) is 0 Å². The van der Waals surface area contributed by atoms with Crippen molar-refractivity contribution in [1.29, 1.82) is 0 Å². The van der Waals surface area contributed by atoms with Gasteiger partial charge in [0.1, 0.15) is 12.7 Å². The van der Waals surface area contributed by atoms with Crippen LogP contribution in [0.4, 0.5) is 4.79 Å². The number of nitrogens with two attached hydrogens (primary N) is 1. The fraction of sp³-hybridized carbons (Fsp3) is 0.368. The zero-order valence-corrected chi connectivity index (χ0v) is 14.5. The molecule has 2 atom stereocenters. The maximum atomic E-state index is 11.4. The van der Waals surface area contributed by atoms with Gasteiger partial charge in [-0.1, -0.05) is 62.9 Å². The summed E-state index contributed by atoms with van der Waals surface area (Å²) < 4.78 is 10.3. The lowest BCUT2D eigenvalue weighted by Gasteiger charge is -2.39. The summed E-state index contributed by atoms with van der Waals surface area (Å²) in [5.74, 6) is -0.893. The molecule has 0 radical (unpaired) electrons. The Hall–Kier alpha value is -2.56. The first-order chi connectivity index (χ1) is 11.2. The molecule has 1 amide bonds. The van der Waals surface area contributed by atoms with Crippen molar-refractivity contribution in [2.24, 2.45) is 11.7 Å². The average Bonchev–Trinajstić information content (AvgIpc) is 2.52. The minimum Gasteiger partial charge on any atom is -0.459 e.